The van der Waals surface area contributed by atoms with Crippen LogP contribution in [-0.2, 0) is 14.8 Å². The molecule has 0 spiro atoms. The average molecular weight is 431 g/mol. The summed E-state index contributed by atoms with van der Waals surface area (Å²) in [6.45, 7) is 5.33. The SMILES string of the molecule is C[C@@H]1C[C@@H](C)CN(S(=O)(=O)c2ccc(NC(=O)[C@@H]3COc4ccccc4O3)cc2)C1. The fourth-order valence-electron chi connectivity index (χ4n) is 4.03. The lowest BCUT2D eigenvalue weighted by atomic mass is 9.94. The van der Waals surface area contributed by atoms with Gasteiger partial charge in [0, 0.05) is 18.8 Å². The van der Waals surface area contributed by atoms with E-state index < -0.39 is 16.1 Å². The maximum absolute atomic E-state index is 13.0. The molecule has 0 aliphatic carbocycles. The number of para-hydroxylation sites is 2. The second kappa shape index (κ2) is 8.28. The lowest BCUT2D eigenvalue weighted by molar-refractivity contribution is -0.125. The zero-order valence-electron chi connectivity index (χ0n) is 17.1. The van der Waals surface area contributed by atoms with Crippen LogP contribution in [0, 0.1) is 11.8 Å². The van der Waals surface area contributed by atoms with Crippen LogP contribution in [0.5, 0.6) is 11.5 Å². The Hall–Kier alpha value is -2.58. The van der Waals surface area contributed by atoms with E-state index in [0.29, 0.717) is 42.1 Å². The summed E-state index contributed by atoms with van der Waals surface area (Å²) >= 11 is 0. The zero-order chi connectivity index (χ0) is 21.3. The number of ether oxygens (including phenoxy) is 2. The first kappa shape index (κ1) is 20.7. The predicted molar refractivity (Wildman–Crippen MR) is 113 cm³/mol. The number of carbonyl (C=O) groups excluding carboxylic acids is 1. The van der Waals surface area contributed by atoms with Crippen LogP contribution in [0.3, 0.4) is 0 Å². The van der Waals surface area contributed by atoms with Crippen molar-refractivity contribution in [3.8, 4) is 11.5 Å². The Labute approximate surface area is 177 Å². The molecule has 8 heteroatoms. The molecule has 1 fully saturated rings. The van der Waals surface area contributed by atoms with E-state index in [1.165, 1.54) is 12.1 Å². The topological polar surface area (TPSA) is 84.9 Å². The summed E-state index contributed by atoms with van der Waals surface area (Å²) in [5, 5.41) is 2.76. The van der Waals surface area contributed by atoms with Crippen molar-refractivity contribution >= 4 is 21.6 Å². The van der Waals surface area contributed by atoms with E-state index in [-0.39, 0.29) is 17.4 Å². The molecule has 30 heavy (non-hydrogen) atoms. The molecule has 1 saturated heterocycles. The van der Waals surface area contributed by atoms with E-state index in [2.05, 4.69) is 19.2 Å². The Morgan fingerprint density at radius 2 is 1.63 bits per heavy atom. The molecule has 4 rings (SSSR count). The first-order valence-electron chi connectivity index (χ1n) is 10.1. The monoisotopic (exact) mass is 430 g/mol. The minimum absolute atomic E-state index is 0.112. The molecule has 2 aromatic carbocycles. The highest BCUT2D eigenvalue weighted by atomic mass is 32.2. The van der Waals surface area contributed by atoms with Crippen LogP contribution in [0.2, 0.25) is 0 Å². The molecule has 2 aliphatic rings. The quantitative estimate of drug-likeness (QED) is 0.806. The molecule has 1 N–H and O–H groups in total. The van der Waals surface area contributed by atoms with Gasteiger partial charge >= 0.3 is 0 Å². The molecule has 0 aromatic heterocycles. The van der Waals surface area contributed by atoms with Crippen LogP contribution < -0.4 is 14.8 Å². The fourth-order valence-corrected chi connectivity index (χ4v) is 5.71. The predicted octanol–water partition coefficient (Wildman–Crippen LogP) is 3.13. The van der Waals surface area contributed by atoms with E-state index >= 15 is 0 Å². The maximum atomic E-state index is 13.0. The van der Waals surface area contributed by atoms with Crippen molar-refractivity contribution < 1.29 is 22.7 Å². The Balaban J connectivity index is 1.42. The number of sulfonamides is 1. The number of fused-ring (bicyclic) bond motifs is 1. The molecule has 2 aliphatic heterocycles. The molecule has 0 bridgehead atoms. The van der Waals surface area contributed by atoms with Gasteiger partial charge in [0.2, 0.25) is 16.1 Å². The number of amides is 1. The van der Waals surface area contributed by atoms with Crippen molar-refractivity contribution in [2.24, 2.45) is 11.8 Å². The van der Waals surface area contributed by atoms with E-state index in [1.807, 2.05) is 12.1 Å². The molecule has 2 heterocycles. The van der Waals surface area contributed by atoms with Crippen LogP contribution in [-0.4, -0.2) is 44.4 Å². The maximum Gasteiger partial charge on any atom is 0.269 e. The summed E-state index contributed by atoms with van der Waals surface area (Å²) < 4.78 is 38.8. The molecule has 3 atom stereocenters. The summed E-state index contributed by atoms with van der Waals surface area (Å²) in [6, 6.07) is 13.4. The summed E-state index contributed by atoms with van der Waals surface area (Å²) in [7, 11) is -3.55. The molecule has 7 nitrogen and oxygen atoms in total. The number of carbonyl (C=O) groups is 1. The zero-order valence-corrected chi connectivity index (χ0v) is 17.9. The molecule has 0 saturated carbocycles. The van der Waals surface area contributed by atoms with E-state index in [1.54, 1.807) is 28.6 Å². The third-order valence-corrected chi connectivity index (χ3v) is 7.24. The number of hydrogen-bond acceptors (Lipinski definition) is 5. The second-order valence-corrected chi connectivity index (χ2v) is 10.1. The van der Waals surface area contributed by atoms with Crippen LogP contribution in [0.4, 0.5) is 5.69 Å². The van der Waals surface area contributed by atoms with Crippen LogP contribution in [0.1, 0.15) is 20.3 Å². The molecular weight excluding hydrogens is 404 g/mol. The van der Waals surface area contributed by atoms with E-state index in [9.17, 15) is 13.2 Å². The summed E-state index contributed by atoms with van der Waals surface area (Å²) in [4.78, 5) is 12.8. The summed E-state index contributed by atoms with van der Waals surface area (Å²) in [5.41, 5.74) is 0.502. The van der Waals surface area contributed by atoms with Crippen molar-refractivity contribution in [2.45, 2.75) is 31.3 Å². The molecular formula is C22H26N2O5S. The van der Waals surface area contributed by atoms with Gasteiger partial charge in [-0.2, -0.15) is 4.31 Å². The number of nitrogens with one attached hydrogen (secondary N) is 1. The molecule has 0 unspecified atom stereocenters. The van der Waals surface area contributed by atoms with Gasteiger partial charge in [0.25, 0.3) is 5.91 Å². The second-order valence-electron chi connectivity index (χ2n) is 8.15. The number of anilines is 1. The Morgan fingerprint density at radius 3 is 2.30 bits per heavy atom. The molecule has 0 radical (unpaired) electrons. The summed E-state index contributed by atoms with van der Waals surface area (Å²) in [5.74, 6) is 1.46. The van der Waals surface area contributed by atoms with Gasteiger partial charge in [0.1, 0.15) is 6.61 Å². The fraction of sp³-hybridized carbons (Fsp3) is 0.409. The number of benzene rings is 2. The van der Waals surface area contributed by atoms with Gasteiger partial charge in [-0.3, -0.25) is 4.79 Å². The standard InChI is InChI=1S/C22H26N2O5S/c1-15-11-16(2)13-24(12-15)30(26,27)18-9-7-17(8-10-18)23-22(25)21-14-28-19-5-3-4-6-20(19)29-21/h3-10,15-16,21H,11-14H2,1-2H3,(H,23,25)/t15-,16-,21+/m1/s1. The van der Waals surface area contributed by atoms with Gasteiger partial charge in [-0.05, 0) is 54.7 Å². The first-order chi connectivity index (χ1) is 14.3. The van der Waals surface area contributed by atoms with Gasteiger partial charge in [-0.15, -0.1) is 0 Å². The largest absolute Gasteiger partial charge is 0.485 e. The number of nitrogens with zero attached hydrogens (tertiary/aromatic N) is 1. The average Bonchev–Trinajstić information content (AvgIpc) is 2.73. The van der Waals surface area contributed by atoms with Crippen LogP contribution >= 0.6 is 0 Å². The highest BCUT2D eigenvalue weighted by molar-refractivity contribution is 7.89. The highest BCUT2D eigenvalue weighted by Gasteiger charge is 2.32. The summed E-state index contributed by atoms with van der Waals surface area (Å²) in [6.07, 6.45) is 0.258. The third kappa shape index (κ3) is 4.29. The number of rotatable bonds is 4. The van der Waals surface area contributed by atoms with Gasteiger partial charge < -0.3 is 14.8 Å². The van der Waals surface area contributed by atoms with E-state index in [0.717, 1.165) is 6.42 Å². The number of hydrogen-bond donors (Lipinski definition) is 1. The van der Waals surface area contributed by atoms with E-state index in [4.69, 9.17) is 9.47 Å². The van der Waals surface area contributed by atoms with Crippen LogP contribution in [0.25, 0.3) is 0 Å². The van der Waals surface area contributed by atoms with Crippen molar-refractivity contribution in [2.75, 3.05) is 25.0 Å². The Kier molecular flexibility index (Phi) is 5.71. The third-order valence-electron chi connectivity index (χ3n) is 5.40. The van der Waals surface area contributed by atoms with Crippen molar-refractivity contribution in [1.82, 2.24) is 4.31 Å². The van der Waals surface area contributed by atoms with Crippen LogP contribution in [0.15, 0.2) is 53.4 Å². The lowest BCUT2D eigenvalue weighted by Gasteiger charge is -2.34. The lowest BCUT2D eigenvalue weighted by Crippen LogP contribution is -2.42. The van der Waals surface area contributed by atoms with Crippen molar-refractivity contribution in [1.29, 1.82) is 0 Å². The smallest absolute Gasteiger partial charge is 0.269 e. The van der Waals surface area contributed by atoms with Crippen molar-refractivity contribution in [3.05, 3.63) is 48.5 Å². The van der Waals surface area contributed by atoms with Gasteiger partial charge in [0.05, 0.1) is 4.90 Å². The molecule has 2 aromatic rings. The van der Waals surface area contributed by atoms with Crippen molar-refractivity contribution in [3.63, 3.8) is 0 Å². The highest BCUT2D eigenvalue weighted by Crippen LogP contribution is 2.31. The Morgan fingerprint density at radius 1 is 1.00 bits per heavy atom. The number of piperidine rings is 1. The normalized spacial score (nSPS) is 24.3. The first-order valence-corrected chi connectivity index (χ1v) is 11.6. The van der Waals surface area contributed by atoms with Gasteiger partial charge in [0.15, 0.2) is 11.5 Å². The molecule has 160 valence electrons. The minimum Gasteiger partial charge on any atom is -0.485 e. The van der Waals surface area contributed by atoms with Gasteiger partial charge in [-0.25, -0.2) is 8.42 Å². The minimum atomic E-state index is -3.55. The van der Waals surface area contributed by atoms with Gasteiger partial charge in [-0.1, -0.05) is 26.0 Å². The Bertz CT molecular complexity index is 1010. The molecule has 1 amide bonds.